The smallest absolute Gasteiger partial charge is 0.338 e. The number of rotatable bonds is 8. The van der Waals surface area contributed by atoms with Gasteiger partial charge in [0.05, 0.1) is 28.8 Å². The molecule has 8 nitrogen and oxygen atoms in total. The van der Waals surface area contributed by atoms with Crippen molar-refractivity contribution in [3.8, 4) is 0 Å². The molecule has 0 aliphatic rings. The van der Waals surface area contributed by atoms with Gasteiger partial charge in [0.15, 0.2) is 0 Å². The molecule has 0 radical (unpaired) electrons. The number of carboxylic acid groups (broad SMARTS) is 1. The second-order valence-corrected chi connectivity index (χ2v) is 8.44. The molecular weight excluding hydrogens is 422 g/mol. The first-order valence-electron chi connectivity index (χ1n) is 8.73. The first-order chi connectivity index (χ1) is 14.0. The van der Waals surface area contributed by atoms with Crippen molar-refractivity contribution in [2.75, 3.05) is 11.3 Å². The van der Waals surface area contributed by atoms with E-state index in [1.54, 1.807) is 0 Å². The van der Waals surface area contributed by atoms with Crippen LogP contribution >= 0.6 is 0 Å². The Kier molecular flexibility index (Phi) is 7.11. The van der Waals surface area contributed by atoms with Gasteiger partial charge in [-0.05, 0) is 36.2 Å². The van der Waals surface area contributed by atoms with Gasteiger partial charge in [-0.25, -0.2) is 22.0 Å². The van der Waals surface area contributed by atoms with Crippen molar-refractivity contribution in [2.45, 2.75) is 24.8 Å². The SMILES string of the molecule is CC(C)[C@@H](CO)NC(=O)c1ccc(S(=O)(=O)Nc2cc(F)c(C(=O)O)cc2F)cc1. The number of nitrogens with one attached hydrogen (secondary N) is 2. The molecule has 162 valence electrons. The van der Waals surface area contributed by atoms with E-state index in [1.807, 2.05) is 18.6 Å². The van der Waals surface area contributed by atoms with E-state index in [4.69, 9.17) is 5.11 Å². The zero-order valence-electron chi connectivity index (χ0n) is 16.0. The molecule has 2 rings (SSSR count). The van der Waals surface area contributed by atoms with Crippen LogP contribution in [0.1, 0.15) is 34.6 Å². The van der Waals surface area contributed by atoms with Gasteiger partial charge in [-0.2, -0.15) is 0 Å². The van der Waals surface area contributed by atoms with Gasteiger partial charge in [-0.1, -0.05) is 13.8 Å². The molecule has 0 unspecified atom stereocenters. The molecule has 0 fully saturated rings. The van der Waals surface area contributed by atoms with E-state index in [0.29, 0.717) is 12.1 Å². The maximum Gasteiger partial charge on any atom is 0.338 e. The number of carbonyl (C=O) groups is 2. The van der Waals surface area contributed by atoms with Crippen LogP contribution in [0, 0.1) is 17.6 Å². The Bertz CT molecular complexity index is 1060. The highest BCUT2D eigenvalue weighted by atomic mass is 32.2. The van der Waals surface area contributed by atoms with Gasteiger partial charge in [-0.3, -0.25) is 9.52 Å². The Morgan fingerprint density at radius 2 is 1.67 bits per heavy atom. The number of sulfonamides is 1. The van der Waals surface area contributed by atoms with Crippen LogP contribution < -0.4 is 10.0 Å². The average molecular weight is 442 g/mol. The number of aliphatic hydroxyl groups excluding tert-OH is 1. The number of amides is 1. The van der Waals surface area contributed by atoms with Crippen LogP contribution in [0.25, 0.3) is 0 Å². The van der Waals surface area contributed by atoms with Crippen molar-refractivity contribution in [3.05, 3.63) is 59.2 Å². The Hall–Kier alpha value is -3.05. The van der Waals surface area contributed by atoms with E-state index in [0.717, 1.165) is 12.1 Å². The molecule has 0 saturated heterocycles. The summed E-state index contributed by atoms with van der Waals surface area (Å²) in [6.07, 6.45) is 0. The first-order valence-corrected chi connectivity index (χ1v) is 10.2. The normalized spacial score (nSPS) is 12.5. The van der Waals surface area contributed by atoms with E-state index in [9.17, 15) is 31.9 Å². The fourth-order valence-corrected chi connectivity index (χ4v) is 3.51. The lowest BCUT2D eigenvalue weighted by atomic mass is 10.0. The molecule has 1 amide bonds. The highest BCUT2D eigenvalue weighted by Crippen LogP contribution is 2.23. The Morgan fingerprint density at radius 1 is 1.07 bits per heavy atom. The number of hydrogen-bond donors (Lipinski definition) is 4. The van der Waals surface area contributed by atoms with E-state index in [2.05, 4.69) is 5.32 Å². The molecule has 2 aromatic rings. The van der Waals surface area contributed by atoms with E-state index in [-0.39, 0.29) is 23.0 Å². The third-order valence-corrected chi connectivity index (χ3v) is 5.66. The van der Waals surface area contributed by atoms with Crippen LogP contribution in [0.2, 0.25) is 0 Å². The van der Waals surface area contributed by atoms with Crippen LogP contribution in [-0.2, 0) is 10.0 Å². The van der Waals surface area contributed by atoms with Crippen LogP contribution in [0.3, 0.4) is 0 Å². The van der Waals surface area contributed by atoms with Crippen molar-refractivity contribution in [3.63, 3.8) is 0 Å². The molecule has 0 aromatic heterocycles. The third kappa shape index (κ3) is 5.30. The van der Waals surface area contributed by atoms with Gasteiger partial charge in [0.25, 0.3) is 15.9 Å². The van der Waals surface area contributed by atoms with Crippen LogP contribution in [0.4, 0.5) is 14.5 Å². The van der Waals surface area contributed by atoms with Gasteiger partial charge < -0.3 is 15.5 Å². The predicted octanol–water partition coefficient (Wildman–Crippen LogP) is 2.21. The Balaban J connectivity index is 2.23. The lowest BCUT2D eigenvalue weighted by molar-refractivity contribution is 0.0691. The molecule has 4 N–H and O–H groups in total. The second-order valence-electron chi connectivity index (χ2n) is 6.75. The quantitative estimate of drug-likeness (QED) is 0.496. The highest BCUT2D eigenvalue weighted by Gasteiger charge is 2.21. The number of aromatic carboxylic acids is 1. The minimum Gasteiger partial charge on any atom is -0.478 e. The van der Waals surface area contributed by atoms with Gasteiger partial charge in [0.1, 0.15) is 11.6 Å². The van der Waals surface area contributed by atoms with Gasteiger partial charge in [0.2, 0.25) is 0 Å². The fourth-order valence-electron chi connectivity index (χ4n) is 2.45. The monoisotopic (exact) mass is 442 g/mol. The van der Waals surface area contributed by atoms with Crippen molar-refractivity contribution in [2.24, 2.45) is 5.92 Å². The van der Waals surface area contributed by atoms with Crippen LogP contribution in [-0.4, -0.2) is 43.2 Å². The third-order valence-electron chi connectivity index (χ3n) is 4.28. The maximum absolute atomic E-state index is 14.0. The molecule has 2 aromatic carbocycles. The summed E-state index contributed by atoms with van der Waals surface area (Å²) in [5, 5.41) is 20.7. The van der Waals surface area contributed by atoms with Crippen LogP contribution in [0.5, 0.6) is 0 Å². The van der Waals surface area contributed by atoms with E-state index in [1.165, 1.54) is 12.1 Å². The fraction of sp³-hybridized carbons (Fsp3) is 0.263. The number of benzene rings is 2. The lowest BCUT2D eigenvalue weighted by Crippen LogP contribution is -2.41. The molecular formula is C19H20F2N2O6S. The largest absolute Gasteiger partial charge is 0.478 e. The summed E-state index contributed by atoms with van der Waals surface area (Å²) < 4.78 is 54.4. The number of anilines is 1. The summed E-state index contributed by atoms with van der Waals surface area (Å²) in [5.41, 5.74) is -1.56. The average Bonchev–Trinajstić information content (AvgIpc) is 2.67. The summed E-state index contributed by atoms with van der Waals surface area (Å²) in [6.45, 7) is 3.36. The molecule has 1 atom stereocenters. The lowest BCUT2D eigenvalue weighted by Gasteiger charge is -2.20. The molecule has 30 heavy (non-hydrogen) atoms. The number of carbonyl (C=O) groups excluding carboxylic acids is 1. The molecule has 0 aliphatic carbocycles. The standard InChI is InChI=1S/C19H20F2N2O6S/c1-10(2)17(9-24)22-18(25)11-3-5-12(6-4-11)30(28,29)23-16-8-14(20)13(19(26)27)7-15(16)21/h3-8,10,17,23-24H,9H2,1-2H3,(H,22,25)(H,26,27)/t17-/m1/s1. The zero-order chi connectivity index (χ0) is 22.6. The molecule has 0 spiro atoms. The van der Waals surface area contributed by atoms with Crippen molar-refractivity contribution >= 4 is 27.6 Å². The zero-order valence-corrected chi connectivity index (χ0v) is 16.8. The first kappa shape index (κ1) is 23.2. The topological polar surface area (TPSA) is 133 Å². The Morgan fingerprint density at radius 3 is 2.17 bits per heavy atom. The molecule has 0 aliphatic heterocycles. The van der Waals surface area contributed by atoms with Gasteiger partial charge >= 0.3 is 5.97 Å². The highest BCUT2D eigenvalue weighted by molar-refractivity contribution is 7.92. The minimum absolute atomic E-state index is 0.0226. The molecule has 11 heteroatoms. The summed E-state index contributed by atoms with van der Waals surface area (Å²) in [7, 11) is -4.35. The Labute approximate surface area is 171 Å². The maximum atomic E-state index is 14.0. The summed E-state index contributed by atoms with van der Waals surface area (Å²) >= 11 is 0. The predicted molar refractivity (Wildman–Crippen MR) is 104 cm³/mol. The second kappa shape index (κ2) is 9.18. The summed E-state index contributed by atoms with van der Waals surface area (Å²) in [4.78, 5) is 22.7. The molecule has 0 bridgehead atoms. The molecule has 0 saturated carbocycles. The summed E-state index contributed by atoms with van der Waals surface area (Å²) in [6, 6.07) is 4.97. The van der Waals surface area contributed by atoms with Crippen molar-refractivity contribution in [1.29, 1.82) is 0 Å². The van der Waals surface area contributed by atoms with Gasteiger partial charge in [-0.15, -0.1) is 0 Å². The van der Waals surface area contributed by atoms with E-state index < -0.39 is 50.8 Å². The van der Waals surface area contributed by atoms with Gasteiger partial charge in [0, 0.05) is 11.6 Å². The number of hydrogen-bond acceptors (Lipinski definition) is 5. The van der Waals surface area contributed by atoms with E-state index >= 15 is 0 Å². The van der Waals surface area contributed by atoms with Crippen molar-refractivity contribution < 1.29 is 37.0 Å². The number of carboxylic acids is 1. The number of halogens is 2. The molecule has 0 heterocycles. The minimum atomic E-state index is -4.35. The number of aliphatic hydroxyl groups is 1. The summed E-state index contributed by atoms with van der Waals surface area (Å²) in [5.74, 6) is -4.81. The van der Waals surface area contributed by atoms with Crippen LogP contribution in [0.15, 0.2) is 41.3 Å². The van der Waals surface area contributed by atoms with Crippen molar-refractivity contribution in [1.82, 2.24) is 5.32 Å².